The van der Waals surface area contributed by atoms with Gasteiger partial charge in [-0.1, -0.05) is 0 Å². The Hall–Kier alpha value is -2.65. The maximum Gasteiger partial charge on any atom is 0.264 e. The normalized spacial score (nSPS) is 11.2. The standard InChI is InChI=1S/C21H27FN2O5S/c1-3-28-15-5-14-23-21(25)16-24(18-8-10-19(11-9-18)29-4-2)30(26,27)20-12-6-17(22)7-13-20/h6-13H,3-5,14-16H2,1-2H3,(H,23,25). The number of halogens is 1. The lowest BCUT2D eigenvalue weighted by Gasteiger charge is -2.24. The molecule has 0 aliphatic rings. The second kappa shape index (κ2) is 11.5. The maximum atomic E-state index is 13.3. The molecule has 30 heavy (non-hydrogen) atoms. The molecule has 0 atom stereocenters. The van der Waals surface area contributed by atoms with E-state index in [1.165, 1.54) is 12.1 Å². The molecule has 0 aromatic heterocycles. The minimum Gasteiger partial charge on any atom is -0.494 e. The zero-order chi connectivity index (χ0) is 22.0. The molecule has 2 aromatic rings. The second-order valence-corrected chi connectivity index (χ2v) is 8.16. The topological polar surface area (TPSA) is 84.9 Å². The molecule has 2 aromatic carbocycles. The van der Waals surface area contributed by atoms with Gasteiger partial charge in [0.05, 0.1) is 17.2 Å². The predicted octanol–water partition coefficient (Wildman–Crippen LogP) is 2.96. The van der Waals surface area contributed by atoms with Gasteiger partial charge in [-0.15, -0.1) is 0 Å². The number of sulfonamides is 1. The molecule has 0 unspecified atom stereocenters. The Morgan fingerprint density at radius 1 is 1.03 bits per heavy atom. The first kappa shape index (κ1) is 23.6. The molecule has 1 amide bonds. The Morgan fingerprint density at radius 3 is 2.30 bits per heavy atom. The Balaban J connectivity index is 2.23. The van der Waals surface area contributed by atoms with Crippen LogP contribution in [0.3, 0.4) is 0 Å². The first-order valence-electron chi connectivity index (χ1n) is 9.74. The van der Waals surface area contributed by atoms with Crippen LogP contribution in [0, 0.1) is 5.82 Å². The van der Waals surface area contributed by atoms with Gasteiger partial charge in [0.15, 0.2) is 0 Å². The molecule has 0 aliphatic carbocycles. The molecule has 0 heterocycles. The summed E-state index contributed by atoms with van der Waals surface area (Å²) in [6, 6.07) is 10.9. The van der Waals surface area contributed by atoms with E-state index >= 15 is 0 Å². The number of nitrogens with zero attached hydrogens (tertiary/aromatic N) is 1. The molecular weight excluding hydrogens is 411 g/mol. The minimum atomic E-state index is -4.09. The lowest BCUT2D eigenvalue weighted by Crippen LogP contribution is -2.41. The first-order chi connectivity index (χ1) is 14.4. The highest BCUT2D eigenvalue weighted by atomic mass is 32.2. The number of rotatable bonds is 12. The van der Waals surface area contributed by atoms with E-state index in [-0.39, 0.29) is 4.90 Å². The van der Waals surface area contributed by atoms with Crippen molar-refractivity contribution in [3.8, 4) is 5.75 Å². The fourth-order valence-corrected chi connectivity index (χ4v) is 4.08. The van der Waals surface area contributed by atoms with Gasteiger partial charge in [-0.3, -0.25) is 9.10 Å². The van der Waals surface area contributed by atoms with Crippen LogP contribution in [0.5, 0.6) is 5.75 Å². The SMILES string of the molecule is CCOCCCNC(=O)CN(c1ccc(OCC)cc1)S(=O)(=O)c1ccc(F)cc1. The van der Waals surface area contributed by atoms with Crippen LogP contribution >= 0.6 is 0 Å². The van der Waals surface area contributed by atoms with Crippen LogP contribution in [0.2, 0.25) is 0 Å². The van der Waals surface area contributed by atoms with Crippen molar-refractivity contribution < 1.29 is 27.1 Å². The number of hydrogen-bond acceptors (Lipinski definition) is 5. The number of hydrogen-bond donors (Lipinski definition) is 1. The van der Waals surface area contributed by atoms with Gasteiger partial charge in [-0.2, -0.15) is 0 Å². The van der Waals surface area contributed by atoms with Gasteiger partial charge in [-0.05, 0) is 68.8 Å². The molecule has 9 heteroatoms. The van der Waals surface area contributed by atoms with Crippen molar-refractivity contribution >= 4 is 21.6 Å². The third-order valence-electron chi connectivity index (χ3n) is 4.12. The number of carbonyl (C=O) groups excluding carboxylic acids is 1. The quantitative estimate of drug-likeness (QED) is 0.515. The zero-order valence-electron chi connectivity index (χ0n) is 17.1. The van der Waals surface area contributed by atoms with Crippen LogP contribution < -0.4 is 14.4 Å². The highest BCUT2D eigenvalue weighted by Gasteiger charge is 2.27. The van der Waals surface area contributed by atoms with Crippen molar-refractivity contribution in [1.29, 1.82) is 0 Å². The largest absolute Gasteiger partial charge is 0.494 e. The molecule has 1 N–H and O–H groups in total. The Labute approximate surface area is 176 Å². The van der Waals surface area contributed by atoms with Crippen molar-refractivity contribution in [2.75, 3.05) is 37.2 Å². The van der Waals surface area contributed by atoms with Crippen molar-refractivity contribution in [3.63, 3.8) is 0 Å². The van der Waals surface area contributed by atoms with Crippen molar-refractivity contribution in [1.82, 2.24) is 5.32 Å². The molecule has 0 bridgehead atoms. The summed E-state index contributed by atoms with van der Waals surface area (Å²) in [5.41, 5.74) is 0.298. The van der Waals surface area contributed by atoms with Crippen LogP contribution in [0.25, 0.3) is 0 Å². The highest BCUT2D eigenvalue weighted by Crippen LogP contribution is 2.26. The van der Waals surface area contributed by atoms with E-state index in [1.54, 1.807) is 24.3 Å². The smallest absolute Gasteiger partial charge is 0.264 e. The minimum absolute atomic E-state index is 0.109. The van der Waals surface area contributed by atoms with Crippen molar-refractivity contribution in [2.24, 2.45) is 0 Å². The Bertz CT molecular complexity index is 902. The molecule has 2 rings (SSSR count). The summed E-state index contributed by atoms with van der Waals surface area (Å²) in [5, 5.41) is 2.70. The molecule has 0 spiro atoms. The number of carbonyl (C=O) groups is 1. The van der Waals surface area contributed by atoms with E-state index in [1.807, 2.05) is 13.8 Å². The summed E-state index contributed by atoms with van der Waals surface area (Å²) in [6.45, 7) is 5.25. The monoisotopic (exact) mass is 438 g/mol. The summed E-state index contributed by atoms with van der Waals surface area (Å²) >= 11 is 0. The first-order valence-corrected chi connectivity index (χ1v) is 11.2. The molecule has 0 saturated carbocycles. The lowest BCUT2D eigenvalue weighted by atomic mass is 10.3. The average Bonchev–Trinajstić information content (AvgIpc) is 2.73. The lowest BCUT2D eigenvalue weighted by molar-refractivity contribution is -0.119. The average molecular weight is 439 g/mol. The van der Waals surface area contributed by atoms with Crippen LogP contribution in [-0.2, 0) is 19.6 Å². The molecule has 7 nitrogen and oxygen atoms in total. The van der Waals surface area contributed by atoms with E-state index in [9.17, 15) is 17.6 Å². The van der Waals surface area contributed by atoms with Crippen LogP contribution in [0.15, 0.2) is 53.4 Å². The van der Waals surface area contributed by atoms with Gasteiger partial charge in [0, 0.05) is 19.8 Å². The van der Waals surface area contributed by atoms with Gasteiger partial charge >= 0.3 is 0 Å². The number of anilines is 1. The molecule has 0 aliphatic heterocycles. The predicted molar refractivity (Wildman–Crippen MR) is 113 cm³/mol. The highest BCUT2D eigenvalue weighted by molar-refractivity contribution is 7.92. The fraction of sp³-hybridized carbons (Fsp3) is 0.381. The van der Waals surface area contributed by atoms with Crippen LogP contribution in [0.4, 0.5) is 10.1 Å². The summed E-state index contributed by atoms with van der Waals surface area (Å²) < 4.78 is 51.2. The van der Waals surface area contributed by atoms with E-state index in [0.29, 0.717) is 44.2 Å². The van der Waals surface area contributed by atoms with Gasteiger partial charge < -0.3 is 14.8 Å². The number of amides is 1. The van der Waals surface area contributed by atoms with E-state index in [0.717, 1.165) is 16.4 Å². The van der Waals surface area contributed by atoms with Gasteiger partial charge in [0.2, 0.25) is 5.91 Å². The molecule has 0 radical (unpaired) electrons. The van der Waals surface area contributed by atoms with Crippen molar-refractivity contribution in [3.05, 3.63) is 54.3 Å². The maximum absolute atomic E-state index is 13.3. The summed E-state index contributed by atoms with van der Waals surface area (Å²) in [4.78, 5) is 12.3. The van der Waals surface area contributed by atoms with E-state index < -0.39 is 28.3 Å². The number of ether oxygens (including phenoxy) is 2. The summed E-state index contributed by atoms with van der Waals surface area (Å²) in [7, 11) is -4.09. The molecule has 0 fully saturated rings. The number of nitrogens with one attached hydrogen (secondary N) is 1. The van der Waals surface area contributed by atoms with Crippen LogP contribution in [0.1, 0.15) is 20.3 Å². The van der Waals surface area contributed by atoms with Gasteiger partial charge in [0.25, 0.3) is 10.0 Å². The number of benzene rings is 2. The van der Waals surface area contributed by atoms with Crippen LogP contribution in [-0.4, -0.2) is 47.2 Å². The fourth-order valence-electron chi connectivity index (χ4n) is 2.66. The van der Waals surface area contributed by atoms with Gasteiger partial charge in [0.1, 0.15) is 18.1 Å². The molecular formula is C21H27FN2O5S. The summed E-state index contributed by atoms with van der Waals surface area (Å²) in [6.07, 6.45) is 0.618. The Kier molecular flexibility index (Phi) is 9.07. The summed E-state index contributed by atoms with van der Waals surface area (Å²) in [5.74, 6) is -0.416. The van der Waals surface area contributed by atoms with E-state index in [2.05, 4.69) is 5.32 Å². The Morgan fingerprint density at radius 2 is 1.70 bits per heavy atom. The van der Waals surface area contributed by atoms with Crippen molar-refractivity contribution in [2.45, 2.75) is 25.2 Å². The van der Waals surface area contributed by atoms with E-state index in [4.69, 9.17) is 9.47 Å². The molecule has 164 valence electrons. The third-order valence-corrected chi connectivity index (χ3v) is 5.90. The molecule has 0 saturated heterocycles. The third kappa shape index (κ3) is 6.70. The van der Waals surface area contributed by atoms with Gasteiger partial charge in [-0.25, -0.2) is 12.8 Å². The zero-order valence-corrected chi connectivity index (χ0v) is 18.0. The second-order valence-electron chi connectivity index (χ2n) is 6.29.